The maximum absolute atomic E-state index is 11.6. The Morgan fingerprint density at radius 2 is 1.40 bits per heavy atom. The van der Waals surface area contributed by atoms with E-state index in [1.165, 1.54) is 13.8 Å². The Bertz CT molecular complexity index is 266. The third-order valence-electron chi connectivity index (χ3n) is 1.53. The van der Waals surface area contributed by atoms with E-state index in [9.17, 15) is 14.4 Å². The zero-order chi connectivity index (χ0) is 12.2. The third kappa shape index (κ3) is 4.96. The molecule has 0 aromatic carbocycles. The zero-order valence-corrected chi connectivity index (χ0v) is 8.82. The molecule has 0 aliphatic heterocycles. The van der Waals surface area contributed by atoms with Gasteiger partial charge in [0.25, 0.3) is 0 Å². The molecule has 0 unspecified atom stereocenters. The number of nitrogens with two attached hydrogens (primary N) is 3. The summed E-state index contributed by atoms with van der Waals surface area (Å²) in [5, 5.41) is 0. The molecule has 0 radical (unpaired) electrons. The van der Waals surface area contributed by atoms with E-state index in [2.05, 4.69) is 0 Å². The Labute approximate surface area is 87.6 Å². The van der Waals surface area contributed by atoms with E-state index in [1.807, 2.05) is 0 Å². The van der Waals surface area contributed by atoms with Crippen LogP contribution in [0.25, 0.3) is 0 Å². The van der Waals surface area contributed by atoms with Crippen molar-refractivity contribution in [1.82, 2.24) is 4.90 Å². The number of hydrogen-bond acceptors (Lipinski definition) is 4. The fraction of sp³-hybridized carbons (Fsp3) is 0.625. The topological polar surface area (TPSA) is 133 Å². The number of amides is 3. The van der Waals surface area contributed by atoms with E-state index in [0.29, 0.717) is 0 Å². The molecule has 0 aromatic heterocycles. The molecule has 0 bridgehead atoms. The van der Waals surface area contributed by atoms with Gasteiger partial charge >= 0.3 is 0 Å². The minimum absolute atomic E-state index is 0.373. The Morgan fingerprint density at radius 1 is 1.07 bits per heavy atom. The monoisotopic (exact) mass is 216 g/mol. The van der Waals surface area contributed by atoms with Crippen LogP contribution in [0.3, 0.4) is 0 Å². The minimum atomic E-state index is -1.18. The van der Waals surface area contributed by atoms with Crippen LogP contribution in [0.15, 0.2) is 0 Å². The quantitative estimate of drug-likeness (QED) is 0.469. The van der Waals surface area contributed by atoms with Gasteiger partial charge in [-0.05, 0) is 13.8 Å². The van der Waals surface area contributed by atoms with E-state index >= 15 is 0 Å². The van der Waals surface area contributed by atoms with Gasteiger partial charge in [0.2, 0.25) is 17.7 Å². The predicted octanol–water partition coefficient (Wildman–Crippen LogP) is -2.48. The van der Waals surface area contributed by atoms with Crippen LogP contribution in [-0.2, 0) is 14.4 Å². The summed E-state index contributed by atoms with van der Waals surface area (Å²) in [5.41, 5.74) is 14.2. The number of rotatable bonds is 5. The summed E-state index contributed by atoms with van der Waals surface area (Å²) in [4.78, 5) is 33.9. The molecule has 86 valence electrons. The van der Waals surface area contributed by atoms with Crippen LogP contribution < -0.4 is 17.2 Å². The molecule has 0 aromatic rings. The van der Waals surface area contributed by atoms with Crippen molar-refractivity contribution in [3.63, 3.8) is 0 Å². The molecule has 7 nitrogen and oxygen atoms in total. The fourth-order valence-electron chi connectivity index (χ4n) is 0.983. The fourth-order valence-corrected chi connectivity index (χ4v) is 0.983. The molecule has 0 saturated carbocycles. The Hall–Kier alpha value is -1.63. The van der Waals surface area contributed by atoms with Crippen LogP contribution in [-0.4, -0.2) is 41.2 Å². The van der Waals surface area contributed by atoms with Gasteiger partial charge in [0.1, 0.15) is 0 Å². The number of primary amides is 2. The van der Waals surface area contributed by atoms with E-state index < -0.39 is 23.3 Å². The molecular weight excluding hydrogens is 200 g/mol. The first-order chi connectivity index (χ1) is 6.64. The molecule has 0 spiro atoms. The van der Waals surface area contributed by atoms with Crippen LogP contribution in [0, 0.1) is 0 Å². The van der Waals surface area contributed by atoms with Crippen molar-refractivity contribution in [2.24, 2.45) is 17.2 Å². The van der Waals surface area contributed by atoms with Crippen molar-refractivity contribution < 1.29 is 14.4 Å². The molecule has 0 aliphatic carbocycles. The predicted molar refractivity (Wildman–Crippen MR) is 53.2 cm³/mol. The van der Waals surface area contributed by atoms with E-state index in [1.54, 1.807) is 0 Å². The Kier molecular flexibility index (Phi) is 4.22. The molecule has 0 aliphatic rings. The lowest BCUT2D eigenvalue weighted by molar-refractivity contribution is -0.141. The van der Waals surface area contributed by atoms with Crippen LogP contribution in [0.1, 0.15) is 13.8 Å². The summed E-state index contributed by atoms with van der Waals surface area (Å²) in [6.07, 6.45) is 0. The maximum Gasteiger partial charge on any atom is 0.243 e. The van der Waals surface area contributed by atoms with Gasteiger partial charge in [0.05, 0.1) is 18.6 Å². The van der Waals surface area contributed by atoms with Gasteiger partial charge in [-0.3, -0.25) is 14.4 Å². The van der Waals surface area contributed by atoms with Crippen molar-refractivity contribution in [2.75, 3.05) is 13.1 Å². The summed E-state index contributed by atoms with van der Waals surface area (Å²) in [6, 6.07) is 0. The van der Waals surface area contributed by atoms with Crippen molar-refractivity contribution in [3.05, 3.63) is 0 Å². The van der Waals surface area contributed by atoms with E-state index in [4.69, 9.17) is 17.2 Å². The number of nitrogens with zero attached hydrogens (tertiary/aromatic N) is 1. The molecular formula is C8H16N4O3. The first kappa shape index (κ1) is 13.4. The second-order valence-corrected chi connectivity index (χ2v) is 3.82. The van der Waals surface area contributed by atoms with Crippen molar-refractivity contribution in [3.8, 4) is 0 Å². The first-order valence-electron chi connectivity index (χ1n) is 4.29. The molecule has 6 N–H and O–H groups in total. The maximum atomic E-state index is 11.6. The lowest BCUT2D eigenvalue weighted by Gasteiger charge is -2.27. The van der Waals surface area contributed by atoms with Gasteiger partial charge in [-0.25, -0.2) is 0 Å². The highest BCUT2D eigenvalue weighted by atomic mass is 16.2. The second-order valence-electron chi connectivity index (χ2n) is 3.82. The van der Waals surface area contributed by atoms with Crippen molar-refractivity contribution in [2.45, 2.75) is 19.4 Å². The largest absolute Gasteiger partial charge is 0.368 e. The van der Waals surface area contributed by atoms with Crippen molar-refractivity contribution >= 4 is 17.7 Å². The smallest absolute Gasteiger partial charge is 0.243 e. The molecule has 0 saturated heterocycles. The molecule has 3 amide bonds. The number of hydrogen-bond donors (Lipinski definition) is 3. The molecule has 0 atom stereocenters. The second kappa shape index (κ2) is 4.74. The minimum Gasteiger partial charge on any atom is -0.368 e. The average molecular weight is 216 g/mol. The lowest BCUT2D eigenvalue weighted by atomic mass is 10.1. The van der Waals surface area contributed by atoms with Gasteiger partial charge in [-0.15, -0.1) is 0 Å². The van der Waals surface area contributed by atoms with Crippen LogP contribution in [0.5, 0.6) is 0 Å². The first-order valence-corrected chi connectivity index (χ1v) is 4.29. The zero-order valence-electron chi connectivity index (χ0n) is 8.82. The standard InChI is InChI=1S/C8H16N4O3/c1-8(2,11)7(15)12(3-5(9)13)4-6(10)14/h3-4,11H2,1-2H3,(H2,9,13)(H2,10,14). The number of carbonyl (C=O) groups is 3. The SMILES string of the molecule is CC(C)(N)C(=O)N(CC(N)=O)CC(N)=O. The van der Waals surface area contributed by atoms with Gasteiger partial charge in [0.15, 0.2) is 0 Å². The van der Waals surface area contributed by atoms with Crippen LogP contribution in [0.4, 0.5) is 0 Å². The van der Waals surface area contributed by atoms with Crippen LogP contribution in [0.2, 0.25) is 0 Å². The van der Waals surface area contributed by atoms with Crippen LogP contribution >= 0.6 is 0 Å². The summed E-state index contributed by atoms with van der Waals surface area (Å²) in [5.74, 6) is -2.01. The summed E-state index contributed by atoms with van der Waals surface area (Å²) >= 11 is 0. The lowest BCUT2D eigenvalue weighted by Crippen LogP contribution is -2.54. The van der Waals surface area contributed by atoms with Gasteiger partial charge < -0.3 is 22.1 Å². The molecule has 15 heavy (non-hydrogen) atoms. The van der Waals surface area contributed by atoms with E-state index in [-0.39, 0.29) is 13.1 Å². The molecule has 7 heteroatoms. The molecule has 0 fully saturated rings. The Morgan fingerprint density at radius 3 is 1.60 bits per heavy atom. The summed E-state index contributed by atoms with van der Waals surface area (Å²) in [6.45, 7) is 2.18. The average Bonchev–Trinajstić information content (AvgIpc) is 1.98. The normalized spacial score (nSPS) is 10.9. The van der Waals surface area contributed by atoms with Gasteiger partial charge in [-0.1, -0.05) is 0 Å². The molecule has 0 rings (SSSR count). The third-order valence-corrected chi connectivity index (χ3v) is 1.53. The number of carbonyl (C=O) groups excluding carboxylic acids is 3. The highest BCUT2D eigenvalue weighted by Crippen LogP contribution is 2.03. The van der Waals surface area contributed by atoms with E-state index in [0.717, 1.165) is 4.90 Å². The van der Waals surface area contributed by atoms with Crippen molar-refractivity contribution in [1.29, 1.82) is 0 Å². The Balaban J connectivity index is 4.70. The highest BCUT2D eigenvalue weighted by Gasteiger charge is 2.29. The summed E-state index contributed by atoms with van der Waals surface area (Å²) in [7, 11) is 0. The summed E-state index contributed by atoms with van der Waals surface area (Å²) < 4.78 is 0. The van der Waals surface area contributed by atoms with Gasteiger partial charge in [-0.2, -0.15) is 0 Å². The van der Waals surface area contributed by atoms with Gasteiger partial charge in [0, 0.05) is 0 Å². The molecule has 0 heterocycles. The highest BCUT2D eigenvalue weighted by molar-refractivity contribution is 5.92.